The lowest BCUT2D eigenvalue weighted by atomic mass is 10.1. The number of aromatic hydroxyl groups is 1. The normalized spacial score (nSPS) is 17.9. The Kier molecular flexibility index (Phi) is 5.69. The zero-order chi connectivity index (χ0) is 15.6. The van der Waals surface area contributed by atoms with E-state index in [9.17, 15) is 14.7 Å². The van der Waals surface area contributed by atoms with Crippen molar-refractivity contribution in [2.24, 2.45) is 0 Å². The quantitative estimate of drug-likeness (QED) is 0.497. The van der Waals surface area contributed by atoms with E-state index < -0.39 is 6.04 Å². The van der Waals surface area contributed by atoms with Gasteiger partial charge in [-0.2, -0.15) is 0 Å². The van der Waals surface area contributed by atoms with Gasteiger partial charge in [-0.25, -0.2) is 4.79 Å². The average molecular weight is 515 g/mol. The lowest BCUT2D eigenvalue weighted by Gasteiger charge is -2.23. The number of nitrogens with zero attached hydrogens (tertiary/aromatic N) is 1. The van der Waals surface area contributed by atoms with Gasteiger partial charge in [0.05, 0.1) is 15.7 Å². The summed E-state index contributed by atoms with van der Waals surface area (Å²) in [7, 11) is 0. The number of ether oxygens (including phenoxy) is 1. The van der Waals surface area contributed by atoms with E-state index in [0.29, 0.717) is 23.1 Å². The molecule has 0 spiro atoms. The van der Waals surface area contributed by atoms with Crippen LogP contribution in [0.5, 0.6) is 5.75 Å². The highest BCUT2D eigenvalue weighted by molar-refractivity contribution is 14.1. The molecular weight excluding hydrogens is 500 g/mol. The number of amides is 1. The number of phenols is 1. The second kappa shape index (κ2) is 7.12. The summed E-state index contributed by atoms with van der Waals surface area (Å²) < 4.78 is 6.51. The van der Waals surface area contributed by atoms with Crippen molar-refractivity contribution in [1.29, 1.82) is 0 Å². The largest absolute Gasteiger partial charge is 0.506 e. The van der Waals surface area contributed by atoms with Gasteiger partial charge in [-0.15, -0.1) is 0 Å². The third-order valence-corrected chi connectivity index (χ3v) is 4.78. The number of hydrogen-bond acceptors (Lipinski definition) is 4. The van der Waals surface area contributed by atoms with Gasteiger partial charge in [0, 0.05) is 10.1 Å². The second-order valence-corrected chi connectivity index (χ2v) is 7.10. The van der Waals surface area contributed by atoms with E-state index in [4.69, 9.17) is 4.74 Å². The number of carbonyl (C=O) groups excluding carboxylic acids is 2. The van der Waals surface area contributed by atoms with E-state index >= 15 is 0 Å². The molecule has 7 heteroatoms. The summed E-state index contributed by atoms with van der Waals surface area (Å²) in [6, 6.07) is 2.88. The zero-order valence-corrected chi connectivity index (χ0v) is 15.8. The fraction of sp³-hybridized carbons (Fsp3) is 0.429. The molecule has 21 heavy (non-hydrogen) atoms. The minimum Gasteiger partial charge on any atom is -0.506 e. The Morgan fingerprint density at radius 1 is 1.43 bits per heavy atom. The van der Waals surface area contributed by atoms with Gasteiger partial charge in [-0.05, 0) is 77.1 Å². The van der Waals surface area contributed by atoms with Crippen molar-refractivity contribution in [3.8, 4) is 5.75 Å². The highest BCUT2D eigenvalue weighted by Crippen LogP contribution is 2.30. The number of phenolic OH excluding ortho intramolecular Hbond substituents is 1. The molecule has 1 aromatic carbocycles. The molecule has 1 unspecified atom stereocenters. The van der Waals surface area contributed by atoms with Crippen molar-refractivity contribution >= 4 is 57.1 Å². The third kappa shape index (κ3) is 3.61. The maximum absolute atomic E-state index is 12.6. The van der Waals surface area contributed by atoms with Crippen molar-refractivity contribution in [2.45, 2.75) is 25.8 Å². The molecule has 2 rings (SSSR count). The molecule has 0 aromatic heterocycles. The molecule has 1 aliphatic rings. The molecule has 5 nitrogen and oxygen atoms in total. The molecule has 0 bridgehead atoms. The first-order valence-corrected chi connectivity index (χ1v) is 8.77. The Morgan fingerprint density at radius 2 is 2.14 bits per heavy atom. The van der Waals surface area contributed by atoms with E-state index in [1.807, 2.05) is 22.6 Å². The first kappa shape index (κ1) is 16.8. The van der Waals surface area contributed by atoms with Crippen LogP contribution in [0.25, 0.3) is 0 Å². The Morgan fingerprint density at radius 3 is 2.81 bits per heavy atom. The Hall–Kier alpha value is -0.580. The van der Waals surface area contributed by atoms with Crippen molar-refractivity contribution in [2.75, 3.05) is 13.2 Å². The number of hydrogen-bond donors (Lipinski definition) is 1. The lowest BCUT2D eigenvalue weighted by molar-refractivity contribution is -0.147. The molecule has 1 aromatic rings. The van der Waals surface area contributed by atoms with Crippen LogP contribution < -0.4 is 0 Å². The van der Waals surface area contributed by atoms with Crippen LogP contribution in [0.2, 0.25) is 0 Å². The maximum Gasteiger partial charge on any atom is 0.328 e. The molecule has 114 valence electrons. The molecule has 1 saturated heterocycles. The highest BCUT2D eigenvalue weighted by atomic mass is 127. The van der Waals surface area contributed by atoms with Crippen molar-refractivity contribution < 1.29 is 19.4 Å². The molecule has 1 N–H and O–H groups in total. The van der Waals surface area contributed by atoms with Crippen molar-refractivity contribution in [1.82, 2.24) is 4.90 Å². The summed E-state index contributed by atoms with van der Waals surface area (Å²) in [4.78, 5) is 26.1. The van der Waals surface area contributed by atoms with Crippen LogP contribution in [0.15, 0.2) is 12.1 Å². The smallest absolute Gasteiger partial charge is 0.328 e. The summed E-state index contributed by atoms with van der Waals surface area (Å²) in [5.74, 6) is -0.724. The molecule has 0 radical (unpaired) electrons. The van der Waals surface area contributed by atoms with Gasteiger partial charge >= 0.3 is 5.97 Å². The van der Waals surface area contributed by atoms with Crippen LogP contribution in [-0.2, 0) is 9.53 Å². The fourth-order valence-corrected chi connectivity index (χ4v) is 4.22. The third-order valence-electron chi connectivity index (χ3n) is 3.33. The van der Waals surface area contributed by atoms with Crippen LogP contribution >= 0.6 is 45.2 Å². The molecule has 0 saturated carbocycles. The molecule has 1 atom stereocenters. The lowest BCUT2D eigenvalue weighted by Crippen LogP contribution is -2.41. The van der Waals surface area contributed by atoms with Crippen LogP contribution in [0.4, 0.5) is 0 Å². The highest BCUT2D eigenvalue weighted by Gasteiger charge is 2.36. The number of rotatable bonds is 3. The summed E-state index contributed by atoms with van der Waals surface area (Å²) in [6.45, 7) is 2.54. The average Bonchev–Trinajstić information content (AvgIpc) is 2.91. The summed E-state index contributed by atoms with van der Waals surface area (Å²) in [5.41, 5.74) is 0.238. The number of halogens is 2. The predicted molar refractivity (Wildman–Crippen MR) is 94.2 cm³/mol. The Balaban J connectivity index is 2.29. The van der Waals surface area contributed by atoms with Crippen molar-refractivity contribution in [3.05, 3.63) is 24.8 Å². The van der Waals surface area contributed by atoms with E-state index in [0.717, 1.165) is 9.99 Å². The predicted octanol–water partition coefficient (Wildman–Crippen LogP) is 2.77. The number of likely N-dealkylation sites (tertiary alicyclic amines) is 1. The standard InChI is InChI=1S/C14H15I2NO4/c1-2-21-14(20)11-4-3-5-17(11)13(19)9-6-8(15)7-10(16)12(9)18/h6-7,11,18H,2-5H2,1H3. The SMILES string of the molecule is CCOC(=O)C1CCCN1C(=O)c1cc(I)cc(I)c1O. The summed E-state index contributed by atoms with van der Waals surface area (Å²) in [6.07, 6.45) is 1.36. The van der Waals surface area contributed by atoms with Crippen LogP contribution in [0.3, 0.4) is 0 Å². The van der Waals surface area contributed by atoms with Crippen LogP contribution in [0, 0.1) is 7.14 Å². The van der Waals surface area contributed by atoms with Crippen molar-refractivity contribution in [3.63, 3.8) is 0 Å². The summed E-state index contributed by atoms with van der Waals surface area (Å²) in [5, 5.41) is 10.1. The first-order chi connectivity index (χ1) is 9.95. The van der Waals surface area contributed by atoms with Gasteiger partial charge in [0.2, 0.25) is 0 Å². The van der Waals surface area contributed by atoms with Crippen LogP contribution in [0.1, 0.15) is 30.1 Å². The first-order valence-electron chi connectivity index (χ1n) is 6.61. The Bertz CT molecular complexity index is 576. The van der Waals surface area contributed by atoms with Gasteiger partial charge in [-0.1, -0.05) is 0 Å². The van der Waals surface area contributed by atoms with E-state index in [1.54, 1.807) is 19.1 Å². The molecule has 0 aliphatic carbocycles. The monoisotopic (exact) mass is 515 g/mol. The molecule has 1 amide bonds. The molecular formula is C14H15I2NO4. The second-order valence-electron chi connectivity index (χ2n) is 4.69. The fourth-order valence-electron chi connectivity index (χ4n) is 2.38. The number of benzene rings is 1. The van der Waals surface area contributed by atoms with Gasteiger partial charge in [0.1, 0.15) is 11.8 Å². The minimum atomic E-state index is -0.549. The van der Waals surface area contributed by atoms with Gasteiger partial charge in [0.25, 0.3) is 5.91 Å². The van der Waals surface area contributed by atoms with E-state index in [2.05, 4.69) is 22.6 Å². The van der Waals surface area contributed by atoms with Gasteiger partial charge in [-0.3, -0.25) is 4.79 Å². The topological polar surface area (TPSA) is 66.8 Å². The molecule has 1 aliphatic heterocycles. The van der Waals surface area contributed by atoms with Gasteiger partial charge < -0.3 is 14.7 Å². The molecule has 1 fully saturated rings. The maximum atomic E-state index is 12.6. The van der Waals surface area contributed by atoms with E-state index in [-0.39, 0.29) is 23.2 Å². The van der Waals surface area contributed by atoms with E-state index in [1.165, 1.54) is 4.90 Å². The van der Waals surface area contributed by atoms with Crippen LogP contribution in [-0.4, -0.2) is 41.1 Å². The number of carbonyl (C=O) groups is 2. The Labute approximate surface area is 150 Å². The number of esters is 1. The molecule has 1 heterocycles. The van der Waals surface area contributed by atoms with Gasteiger partial charge in [0.15, 0.2) is 0 Å². The summed E-state index contributed by atoms with van der Waals surface area (Å²) >= 11 is 4.08. The zero-order valence-electron chi connectivity index (χ0n) is 11.4. The minimum absolute atomic E-state index is 0.0319.